The fourth-order valence-electron chi connectivity index (χ4n) is 2.10. The van der Waals surface area contributed by atoms with Gasteiger partial charge in [0.15, 0.2) is 0 Å². The molecule has 0 bridgehead atoms. The Morgan fingerprint density at radius 3 is 2.56 bits per heavy atom. The van der Waals surface area contributed by atoms with E-state index in [1.165, 1.54) is 17.9 Å². The first kappa shape index (κ1) is 11.1. The number of carbonyl (C=O) groups excluding carboxylic acids is 1. The van der Waals surface area contributed by atoms with E-state index < -0.39 is 0 Å². The Balaban J connectivity index is 1.85. The Morgan fingerprint density at radius 2 is 1.94 bits per heavy atom. The van der Waals surface area contributed by atoms with E-state index in [9.17, 15) is 4.79 Å². The van der Waals surface area contributed by atoms with Gasteiger partial charge < -0.3 is 0 Å². The van der Waals surface area contributed by atoms with Crippen molar-refractivity contribution in [3.8, 4) is 0 Å². The molecule has 86 valence electrons. The van der Waals surface area contributed by atoms with Crippen LogP contribution in [0.3, 0.4) is 0 Å². The van der Waals surface area contributed by atoms with Crippen molar-refractivity contribution in [2.24, 2.45) is 0 Å². The Kier molecular flexibility index (Phi) is 3.94. The molecule has 1 aromatic carbocycles. The van der Waals surface area contributed by atoms with E-state index >= 15 is 0 Å². The average molecular weight is 219 g/mol. The number of amides is 1. The monoisotopic (exact) mass is 219 g/mol. The Morgan fingerprint density at radius 1 is 1.25 bits per heavy atom. The fourth-order valence-corrected chi connectivity index (χ4v) is 2.10. The first-order valence-electron chi connectivity index (χ1n) is 5.80. The van der Waals surface area contributed by atoms with Crippen molar-refractivity contribution in [3.05, 3.63) is 35.9 Å². The van der Waals surface area contributed by atoms with Gasteiger partial charge in [0, 0.05) is 0 Å². The molecule has 3 heteroatoms. The fraction of sp³-hybridized carbons (Fsp3) is 0.462. The molecule has 0 radical (unpaired) electrons. The number of benzene rings is 1. The number of nitrogens with zero attached hydrogens (tertiary/aromatic N) is 1. The average Bonchev–Trinajstić information content (AvgIpc) is 2.85. The second-order valence-electron chi connectivity index (χ2n) is 4.16. The topological polar surface area (TPSA) is 29.5 Å². The van der Waals surface area contributed by atoms with E-state index in [0.717, 1.165) is 24.8 Å². The normalized spacial score (nSPS) is 16.2. The molecule has 1 aliphatic carbocycles. The molecule has 1 aromatic rings. The van der Waals surface area contributed by atoms with E-state index in [0.29, 0.717) is 6.61 Å². The minimum Gasteiger partial charge on any atom is -0.276 e. The molecule has 1 aliphatic rings. The second kappa shape index (κ2) is 5.66. The highest BCUT2D eigenvalue weighted by atomic mass is 16.7. The molecule has 3 nitrogen and oxygen atoms in total. The molecule has 0 atom stereocenters. The van der Waals surface area contributed by atoms with Crippen LogP contribution in [0.4, 0.5) is 0 Å². The molecule has 0 aliphatic heterocycles. The van der Waals surface area contributed by atoms with Crippen molar-refractivity contribution in [2.75, 3.05) is 0 Å². The summed E-state index contributed by atoms with van der Waals surface area (Å²) in [7, 11) is 0. The quantitative estimate of drug-likeness (QED) is 0.562. The first-order chi connectivity index (χ1) is 7.90. The summed E-state index contributed by atoms with van der Waals surface area (Å²) in [6.07, 6.45) is 5.33. The van der Waals surface area contributed by atoms with Gasteiger partial charge in [-0.2, -0.15) is 0 Å². The van der Waals surface area contributed by atoms with E-state index in [1.807, 2.05) is 30.3 Å². The first-order valence-corrected chi connectivity index (χ1v) is 5.80. The summed E-state index contributed by atoms with van der Waals surface area (Å²) in [5.41, 5.74) is 1.09. The minimum atomic E-state index is 0.279. The lowest BCUT2D eigenvalue weighted by Crippen LogP contribution is -2.31. The summed E-state index contributed by atoms with van der Waals surface area (Å²) in [5.74, 6) is 0. The molecular formula is C13H17NO2. The Labute approximate surface area is 96.0 Å². The highest BCUT2D eigenvalue weighted by molar-refractivity contribution is 5.45. The predicted octanol–water partition coefficient (Wildman–Crippen LogP) is 2.52. The maximum absolute atomic E-state index is 10.9. The van der Waals surface area contributed by atoms with Gasteiger partial charge in [0.05, 0.1) is 6.04 Å². The zero-order valence-electron chi connectivity index (χ0n) is 9.34. The molecule has 2 rings (SSSR count). The van der Waals surface area contributed by atoms with Gasteiger partial charge in [-0.25, -0.2) is 5.06 Å². The lowest BCUT2D eigenvalue weighted by molar-refractivity contribution is -0.191. The van der Waals surface area contributed by atoms with Gasteiger partial charge in [-0.3, -0.25) is 9.63 Å². The third-order valence-electron chi connectivity index (χ3n) is 3.01. The van der Waals surface area contributed by atoms with Crippen LogP contribution in [-0.4, -0.2) is 17.5 Å². The van der Waals surface area contributed by atoms with E-state index in [2.05, 4.69) is 0 Å². The van der Waals surface area contributed by atoms with Crippen LogP contribution >= 0.6 is 0 Å². The van der Waals surface area contributed by atoms with Crippen LogP contribution in [-0.2, 0) is 16.2 Å². The second-order valence-corrected chi connectivity index (χ2v) is 4.16. The molecule has 0 aromatic heterocycles. The van der Waals surface area contributed by atoms with E-state index in [1.54, 1.807) is 0 Å². The maximum atomic E-state index is 10.9. The van der Waals surface area contributed by atoms with Crippen molar-refractivity contribution in [1.29, 1.82) is 0 Å². The van der Waals surface area contributed by atoms with Crippen molar-refractivity contribution in [2.45, 2.75) is 38.3 Å². The molecule has 0 unspecified atom stereocenters. The lowest BCUT2D eigenvalue weighted by Gasteiger charge is -2.23. The maximum Gasteiger partial charge on any atom is 0.233 e. The van der Waals surface area contributed by atoms with Crippen molar-refractivity contribution in [3.63, 3.8) is 0 Å². The van der Waals surface area contributed by atoms with Crippen LogP contribution in [0.25, 0.3) is 0 Å². The standard InChI is InChI=1S/C13H17NO2/c15-11-14(13-8-4-5-9-13)16-10-12-6-2-1-3-7-12/h1-3,6-7,11,13H,4-5,8-10H2. The van der Waals surface area contributed by atoms with Crippen LogP contribution in [0.2, 0.25) is 0 Å². The van der Waals surface area contributed by atoms with Gasteiger partial charge in [-0.15, -0.1) is 0 Å². The smallest absolute Gasteiger partial charge is 0.233 e. The number of hydroxylamine groups is 2. The number of hydrogen-bond donors (Lipinski definition) is 0. The van der Waals surface area contributed by atoms with E-state index in [4.69, 9.17) is 4.84 Å². The van der Waals surface area contributed by atoms with Crippen LogP contribution in [0, 0.1) is 0 Å². The van der Waals surface area contributed by atoms with Crippen LogP contribution in [0.5, 0.6) is 0 Å². The van der Waals surface area contributed by atoms with E-state index in [-0.39, 0.29) is 6.04 Å². The molecule has 16 heavy (non-hydrogen) atoms. The largest absolute Gasteiger partial charge is 0.276 e. The third kappa shape index (κ3) is 2.83. The molecule has 0 N–H and O–H groups in total. The molecule has 0 saturated heterocycles. The zero-order chi connectivity index (χ0) is 11.2. The van der Waals surface area contributed by atoms with Gasteiger partial charge in [-0.1, -0.05) is 43.2 Å². The Hall–Kier alpha value is -1.35. The third-order valence-corrected chi connectivity index (χ3v) is 3.01. The van der Waals surface area contributed by atoms with Gasteiger partial charge in [0.1, 0.15) is 6.61 Å². The molecule has 0 spiro atoms. The summed E-state index contributed by atoms with van der Waals surface area (Å²) in [6.45, 7) is 0.468. The lowest BCUT2D eigenvalue weighted by atomic mass is 10.2. The summed E-state index contributed by atoms with van der Waals surface area (Å²) in [5, 5.41) is 1.49. The zero-order valence-corrected chi connectivity index (χ0v) is 9.34. The molecule has 1 amide bonds. The van der Waals surface area contributed by atoms with Gasteiger partial charge >= 0.3 is 0 Å². The van der Waals surface area contributed by atoms with Crippen molar-refractivity contribution in [1.82, 2.24) is 5.06 Å². The molecule has 0 heterocycles. The van der Waals surface area contributed by atoms with Crippen molar-refractivity contribution < 1.29 is 9.63 Å². The summed E-state index contributed by atoms with van der Waals surface area (Å²) in [4.78, 5) is 16.4. The highest BCUT2D eigenvalue weighted by Gasteiger charge is 2.22. The van der Waals surface area contributed by atoms with Crippen molar-refractivity contribution >= 4 is 6.41 Å². The summed E-state index contributed by atoms with van der Waals surface area (Å²) >= 11 is 0. The van der Waals surface area contributed by atoms with Gasteiger partial charge in [0.2, 0.25) is 6.41 Å². The minimum absolute atomic E-state index is 0.279. The molecular weight excluding hydrogens is 202 g/mol. The molecule has 1 fully saturated rings. The van der Waals surface area contributed by atoms with Gasteiger partial charge in [-0.05, 0) is 18.4 Å². The number of carbonyl (C=O) groups is 1. The highest BCUT2D eigenvalue weighted by Crippen LogP contribution is 2.23. The Bertz CT molecular complexity index is 320. The predicted molar refractivity (Wildman–Crippen MR) is 61.4 cm³/mol. The number of hydrogen-bond acceptors (Lipinski definition) is 2. The number of rotatable bonds is 5. The summed E-state index contributed by atoms with van der Waals surface area (Å²) < 4.78 is 0. The molecule has 1 saturated carbocycles. The van der Waals surface area contributed by atoms with Crippen LogP contribution in [0.1, 0.15) is 31.2 Å². The van der Waals surface area contributed by atoms with Gasteiger partial charge in [0.25, 0.3) is 0 Å². The van der Waals surface area contributed by atoms with Crippen LogP contribution in [0.15, 0.2) is 30.3 Å². The SMILES string of the molecule is O=CN(OCc1ccccc1)C1CCCC1. The van der Waals surface area contributed by atoms with Crippen LogP contribution < -0.4 is 0 Å². The summed E-state index contributed by atoms with van der Waals surface area (Å²) in [6, 6.07) is 10.2.